The fraction of sp³-hybridized carbons (Fsp3) is 0.462. The number of nitrogens with zero attached hydrogens (tertiary/aromatic N) is 7. The van der Waals surface area contributed by atoms with Crippen LogP contribution in [0.15, 0.2) is 42.6 Å². The maximum atomic E-state index is 11.6. The van der Waals surface area contributed by atoms with E-state index in [-0.39, 0.29) is 31.3 Å². The Morgan fingerprint density at radius 3 is 2.47 bits per heavy atom. The quantitative estimate of drug-likeness (QED) is 0.448. The summed E-state index contributed by atoms with van der Waals surface area (Å²) in [6.07, 6.45) is 3.42. The monoisotopic (exact) mass is 491 g/mol. The third-order valence-electron chi connectivity index (χ3n) is 6.04. The molecule has 10 heteroatoms. The molecule has 1 aromatic carbocycles. The van der Waals surface area contributed by atoms with Gasteiger partial charge in [-0.25, -0.2) is 15.0 Å². The molecule has 0 aliphatic carbocycles. The summed E-state index contributed by atoms with van der Waals surface area (Å²) in [5.41, 5.74) is 0.879. The lowest BCUT2D eigenvalue weighted by atomic mass is 10.1. The Labute approximate surface area is 211 Å². The largest absolute Gasteiger partial charge is 0.465 e. The van der Waals surface area contributed by atoms with Gasteiger partial charge < -0.3 is 19.6 Å². The first kappa shape index (κ1) is 25.4. The second kappa shape index (κ2) is 11.9. The van der Waals surface area contributed by atoms with E-state index in [1.807, 2.05) is 43.3 Å². The van der Waals surface area contributed by atoms with Crippen LogP contribution in [-0.4, -0.2) is 67.8 Å². The predicted octanol–water partition coefficient (Wildman–Crippen LogP) is 2.81. The molecule has 0 amide bonds. The Morgan fingerprint density at radius 2 is 1.78 bits per heavy atom. The number of esters is 1. The zero-order chi connectivity index (χ0) is 25.5. The van der Waals surface area contributed by atoms with Gasteiger partial charge in [-0.05, 0) is 26.3 Å². The highest BCUT2D eigenvalue weighted by Crippen LogP contribution is 2.26. The molecule has 190 valence electrons. The zero-order valence-corrected chi connectivity index (χ0v) is 21.0. The number of ether oxygens (including phenoxy) is 1. The number of anilines is 2. The van der Waals surface area contributed by atoms with Crippen molar-refractivity contribution in [3.63, 3.8) is 0 Å². The molecular formula is C26H33N7O3. The molecule has 4 rings (SSSR count). The normalized spacial score (nSPS) is 17.8. The van der Waals surface area contributed by atoms with E-state index in [0.717, 1.165) is 17.8 Å². The van der Waals surface area contributed by atoms with Gasteiger partial charge in [0.2, 0.25) is 5.95 Å². The third kappa shape index (κ3) is 6.12. The van der Waals surface area contributed by atoms with E-state index < -0.39 is 0 Å². The lowest BCUT2D eigenvalue weighted by molar-refractivity contribution is -0.143. The summed E-state index contributed by atoms with van der Waals surface area (Å²) in [6.45, 7) is 7.62. The third-order valence-corrected chi connectivity index (χ3v) is 6.04. The van der Waals surface area contributed by atoms with Crippen LogP contribution in [0.2, 0.25) is 0 Å². The lowest BCUT2D eigenvalue weighted by Crippen LogP contribution is -2.57. The molecular weight excluding hydrogens is 458 g/mol. The molecule has 0 unspecified atom stereocenters. The van der Waals surface area contributed by atoms with Gasteiger partial charge in [0, 0.05) is 49.8 Å². The van der Waals surface area contributed by atoms with Crippen LogP contribution < -0.4 is 9.80 Å². The SMILES string of the molecule is CCCC(=O)OCCc1nccc(N2[C@H](C)CN(c3nc(CO)nc(-c4ccccc4)n3)C[C@@H]2C)n1. The van der Waals surface area contributed by atoms with Crippen molar-refractivity contribution >= 4 is 17.7 Å². The fourth-order valence-electron chi connectivity index (χ4n) is 4.46. The topological polar surface area (TPSA) is 117 Å². The van der Waals surface area contributed by atoms with Crippen molar-refractivity contribution in [3.05, 3.63) is 54.2 Å². The van der Waals surface area contributed by atoms with Crippen LogP contribution in [0, 0.1) is 0 Å². The first-order chi connectivity index (χ1) is 17.5. The van der Waals surface area contributed by atoms with Crippen molar-refractivity contribution in [3.8, 4) is 11.4 Å². The Balaban J connectivity index is 1.48. The van der Waals surface area contributed by atoms with Crippen molar-refractivity contribution in [2.45, 2.75) is 58.7 Å². The summed E-state index contributed by atoms with van der Waals surface area (Å²) < 4.78 is 5.26. The second-order valence-corrected chi connectivity index (χ2v) is 8.96. The Bertz CT molecular complexity index is 1150. The van der Waals surface area contributed by atoms with E-state index in [1.54, 1.807) is 6.20 Å². The van der Waals surface area contributed by atoms with E-state index in [0.29, 0.717) is 49.4 Å². The van der Waals surface area contributed by atoms with Crippen LogP contribution in [0.4, 0.5) is 11.8 Å². The zero-order valence-electron chi connectivity index (χ0n) is 21.0. The number of aliphatic hydroxyl groups is 1. The van der Waals surface area contributed by atoms with Gasteiger partial charge in [-0.3, -0.25) is 4.79 Å². The molecule has 0 bridgehead atoms. The van der Waals surface area contributed by atoms with Crippen molar-refractivity contribution in [1.29, 1.82) is 0 Å². The smallest absolute Gasteiger partial charge is 0.305 e. The number of hydrogen-bond acceptors (Lipinski definition) is 10. The van der Waals surface area contributed by atoms with Crippen LogP contribution >= 0.6 is 0 Å². The minimum atomic E-state index is -0.252. The molecule has 3 heterocycles. The highest BCUT2D eigenvalue weighted by molar-refractivity contribution is 5.69. The van der Waals surface area contributed by atoms with Crippen molar-refractivity contribution in [2.75, 3.05) is 29.5 Å². The van der Waals surface area contributed by atoms with Crippen LogP contribution in [0.5, 0.6) is 0 Å². The Kier molecular flexibility index (Phi) is 8.37. The molecule has 0 radical (unpaired) electrons. The lowest BCUT2D eigenvalue weighted by Gasteiger charge is -2.45. The fourth-order valence-corrected chi connectivity index (χ4v) is 4.46. The standard InChI is InChI=1S/C26H33N7O3/c1-4-8-24(35)36-14-12-21-27-13-11-23(28-21)33-18(2)15-32(16-19(33)3)26-30-22(17-34)29-25(31-26)20-9-6-5-7-10-20/h5-7,9-11,13,18-19,34H,4,8,12,14-17H2,1-3H3/t18-,19+. The van der Waals surface area contributed by atoms with E-state index in [1.165, 1.54) is 0 Å². The summed E-state index contributed by atoms with van der Waals surface area (Å²) in [5, 5.41) is 9.75. The number of carbonyl (C=O) groups is 1. The van der Waals surface area contributed by atoms with Gasteiger partial charge in [0.25, 0.3) is 0 Å². The number of rotatable bonds is 9. The maximum absolute atomic E-state index is 11.6. The summed E-state index contributed by atoms with van der Waals surface area (Å²) >= 11 is 0. The molecule has 2 aromatic heterocycles. The highest BCUT2D eigenvalue weighted by Gasteiger charge is 2.32. The number of aromatic nitrogens is 5. The summed E-state index contributed by atoms with van der Waals surface area (Å²) in [5.74, 6) is 2.76. The Morgan fingerprint density at radius 1 is 1.03 bits per heavy atom. The highest BCUT2D eigenvalue weighted by atomic mass is 16.5. The van der Waals surface area contributed by atoms with Crippen molar-refractivity contribution in [1.82, 2.24) is 24.9 Å². The molecule has 1 aliphatic rings. The van der Waals surface area contributed by atoms with E-state index in [2.05, 4.69) is 38.6 Å². The molecule has 0 saturated carbocycles. The number of carbonyl (C=O) groups excluding carboxylic acids is 1. The number of benzene rings is 1. The second-order valence-electron chi connectivity index (χ2n) is 8.96. The van der Waals surface area contributed by atoms with Crippen molar-refractivity contribution < 1.29 is 14.6 Å². The molecule has 1 fully saturated rings. The van der Waals surface area contributed by atoms with Gasteiger partial charge in [0.15, 0.2) is 11.6 Å². The van der Waals surface area contributed by atoms with Crippen molar-refractivity contribution in [2.24, 2.45) is 0 Å². The molecule has 2 atom stereocenters. The van der Waals surface area contributed by atoms with Crippen LogP contribution in [0.1, 0.15) is 45.3 Å². The number of hydrogen-bond donors (Lipinski definition) is 1. The molecule has 1 N–H and O–H groups in total. The molecule has 36 heavy (non-hydrogen) atoms. The molecule has 0 spiro atoms. The average molecular weight is 492 g/mol. The van der Waals surface area contributed by atoms with Gasteiger partial charge in [0.05, 0.1) is 6.61 Å². The van der Waals surface area contributed by atoms with Gasteiger partial charge in [-0.15, -0.1) is 0 Å². The van der Waals surface area contributed by atoms with Crippen LogP contribution in [0.3, 0.4) is 0 Å². The van der Waals surface area contributed by atoms with E-state index in [9.17, 15) is 9.90 Å². The van der Waals surface area contributed by atoms with Crippen LogP contribution in [0.25, 0.3) is 11.4 Å². The summed E-state index contributed by atoms with van der Waals surface area (Å²) in [6, 6.07) is 11.9. The van der Waals surface area contributed by atoms with Crippen LogP contribution in [-0.2, 0) is 22.6 Å². The maximum Gasteiger partial charge on any atom is 0.305 e. The average Bonchev–Trinajstić information content (AvgIpc) is 2.89. The summed E-state index contributed by atoms with van der Waals surface area (Å²) in [4.78, 5) is 38.8. The molecule has 10 nitrogen and oxygen atoms in total. The Hall–Kier alpha value is -3.66. The molecule has 3 aromatic rings. The number of piperazine rings is 1. The van der Waals surface area contributed by atoms with E-state index in [4.69, 9.17) is 14.7 Å². The van der Waals surface area contributed by atoms with Gasteiger partial charge in [0.1, 0.15) is 18.2 Å². The van der Waals surface area contributed by atoms with Gasteiger partial charge in [-0.2, -0.15) is 9.97 Å². The number of aliphatic hydroxyl groups excluding tert-OH is 1. The predicted molar refractivity (Wildman–Crippen MR) is 136 cm³/mol. The first-order valence-electron chi connectivity index (χ1n) is 12.4. The van der Waals surface area contributed by atoms with E-state index >= 15 is 0 Å². The molecule has 1 saturated heterocycles. The molecule has 1 aliphatic heterocycles. The minimum absolute atomic E-state index is 0.119. The minimum Gasteiger partial charge on any atom is -0.465 e. The van der Waals surface area contributed by atoms with Gasteiger partial charge in [-0.1, -0.05) is 37.3 Å². The first-order valence-corrected chi connectivity index (χ1v) is 12.4. The summed E-state index contributed by atoms with van der Waals surface area (Å²) in [7, 11) is 0. The van der Waals surface area contributed by atoms with Gasteiger partial charge >= 0.3 is 5.97 Å².